The summed E-state index contributed by atoms with van der Waals surface area (Å²) in [6.45, 7) is 3.36. The lowest BCUT2D eigenvalue weighted by atomic mass is 9.82. The van der Waals surface area contributed by atoms with Crippen LogP contribution in [-0.2, 0) is 10.2 Å². The fourth-order valence-electron chi connectivity index (χ4n) is 4.30. The van der Waals surface area contributed by atoms with E-state index in [2.05, 4.69) is 10.1 Å². The Kier molecular flexibility index (Phi) is 7.26. The fraction of sp³-hybridized carbons (Fsp3) is 0.286. The van der Waals surface area contributed by atoms with Crippen LogP contribution in [0.4, 0.5) is 13.2 Å². The monoisotopic (exact) mass is 529 g/mol. The summed E-state index contributed by atoms with van der Waals surface area (Å²) in [5, 5.41) is 12.3. The third-order valence-electron chi connectivity index (χ3n) is 6.53. The topological polar surface area (TPSA) is 94.1 Å². The Hall–Kier alpha value is -4.21. The molecule has 1 aliphatic heterocycles. The predicted molar refractivity (Wildman–Crippen MR) is 131 cm³/mol. The van der Waals surface area contributed by atoms with Gasteiger partial charge in [0.15, 0.2) is 0 Å². The van der Waals surface area contributed by atoms with Gasteiger partial charge in [-0.15, -0.1) is 13.2 Å². The van der Waals surface area contributed by atoms with Crippen molar-refractivity contribution in [1.29, 1.82) is 0 Å². The van der Waals surface area contributed by atoms with E-state index in [1.54, 1.807) is 44.2 Å². The Morgan fingerprint density at radius 2 is 1.61 bits per heavy atom. The molecule has 0 saturated carbocycles. The van der Waals surface area contributed by atoms with Crippen LogP contribution in [0.15, 0.2) is 66.7 Å². The number of alkyl halides is 3. The van der Waals surface area contributed by atoms with E-state index < -0.39 is 29.9 Å². The zero-order chi connectivity index (χ0) is 27.7. The van der Waals surface area contributed by atoms with Gasteiger partial charge in [-0.3, -0.25) is 4.79 Å². The van der Waals surface area contributed by atoms with E-state index in [0.717, 1.165) is 11.1 Å². The van der Waals surface area contributed by atoms with E-state index in [-0.39, 0.29) is 17.2 Å². The number of aromatic carboxylic acids is 1. The molecule has 0 aliphatic carbocycles. The highest BCUT2D eigenvalue weighted by Crippen LogP contribution is 2.43. The Labute approximate surface area is 217 Å². The van der Waals surface area contributed by atoms with E-state index in [4.69, 9.17) is 9.47 Å². The van der Waals surface area contributed by atoms with Crippen LogP contribution in [-0.4, -0.2) is 30.5 Å². The number of hydrogen-bond acceptors (Lipinski definition) is 5. The Morgan fingerprint density at radius 3 is 2.18 bits per heavy atom. The maximum Gasteiger partial charge on any atom is 0.573 e. The van der Waals surface area contributed by atoms with Crippen molar-refractivity contribution in [2.45, 2.75) is 44.2 Å². The highest BCUT2D eigenvalue weighted by molar-refractivity contribution is 5.88. The van der Waals surface area contributed by atoms with Crippen molar-refractivity contribution >= 4 is 11.9 Å². The molecular weight excluding hydrogens is 503 g/mol. The Morgan fingerprint density at radius 1 is 0.974 bits per heavy atom. The maximum absolute atomic E-state index is 13.5. The van der Waals surface area contributed by atoms with Crippen LogP contribution in [0.25, 0.3) is 0 Å². The minimum Gasteiger partial charge on any atom is -0.497 e. The first-order valence-electron chi connectivity index (χ1n) is 11.7. The van der Waals surface area contributed by atoms with Crippen molar-refractivity contribution in [2.24, 2.45) is 0 Å². The van der Waals surface area contributed by atoms with Gasteiger partial charge in [0.2, 0.25) is 5.91 Å². The lowest BCUT2D eigenvalue weighted by molar-refractivity contribution is -0.274. The molecule has 200 valence electrons. The third kappa shape index (κ3) is 5.85. The first kappa shape index (κ1) is 26.8. The van der Waals surface area contributed by atoms with Gasteiger partial charge in [-0.05, 0) is 61.4 Å². The van der Waals surface area contributed by atoms with Crippen LogP contribution in [0.1, 0.15) is 59.5 Å². The minimum atomic E-state index is -4.81. The van der Waals surface area contributed by atoms with Gasteiger partial charge >= 0.3 is 12.3 Å². The number of benzene rings is 3. The maximum atomic E-state index is 13.5. The Bertz CT molecular complexity index is 1320. The molecule has 0 spiro atoms. The number of carbonyl (C=O) groups excluding carboxylic acids is 1. The second-order valence-corrected chi connectivity index (χ2v) is 9.40. The molecule has 2 N–H and O–H groups in total. The molecule has 10 heteroatoms. The summed E-state index contributed by atoms with van der Waals surface area (Å²) in [4.78, 5) is 24.7. The summed E-state index contributed by atoms with van der Waals surface area (Å²) in [5.41, 5.74) is 1.04. The van der Waals surface area contributed by atoms with Crippen molar-refractivity contribution in [3.05, 3.63) is 89.0 Å². The van der Waals surface area contributed by atoms with Crippen LogP contribution in [0.2, 0.25) is 0 Å². The average molecular weight is 530 g/mol. The van der Waals surface area contributed by atoms with Crippen molar-refractivity contribution in [3.8, 4) is 17.2 Å². The minimum absolute atomic E-state index is 0.143. The number of halogens is 3. The van der Waals surface area contributed by atoms with Crippen LogP contribution in [0, 0.1) is 0 Å². The quantitative estimate of drug-likeness (QED) is 0.393. The second-order valence-electron chi connectivity index (χ2n) is 9.40. The van der Waals surface area contributed by atoms with E-state index >= 15 is 0 Å². The number of amides is 1. The normalized spacial score (nSPS) is 17.1. The molecule has 38 heavy (non-hydrogen) atoms. The second kappa shape index (κ2) is 10.3. The van der Waals surface area contributed by atoms with Crippen molar-refractivity contribution < 1.29 is 42.1 Å². The average Bonchev–Trinajstić information content (AvgIpc) is 2.87. The van der Waals surface area contributed by atoms with Gasteiger partial charge in [-0.25, -0.2) is 4.79 Å². The number of carboxylic acid groups (broad SMARTS) is 1. The standard InChI is InChI=1S/C28H26F3NO6/c1-27(2,18-8-10-19(11-9-18)38-28(29,30)31)26(35)32-22-15-23(16-4-6-17(7-5-16)25(33)34)37-24-14-20(36-3)12-13-21(22)24/h4-14,22-23H,15H2,1-3H3,(H,32,35)(H,33,34)/t22-,23-/m1/s1. The lowest BCUT2D eigenvalue weighted by Gasteiger charge is -2.35. The zero-order valence-corrected chi connectivity index (χ0v) is 20.8. The number of nitrogens with one attached hydrogen (secondary N) is 1. The van der Waals surface area contributed by atoms with Gasteiger partial charge < -0.3 is 24.6 Å². The molecule has 0 fully saturated rings. The molecule has 1 amide bonds. The van der Waals surface area contributed by atoms with Gasteiger partial charge in [0.25, 0.3) is 0 Å². The predicted octanol–water partition coefficient (Wildman–Crippen LogP) is 5.95. The zero-order valence-electron chi connectivity index (χ0n) is 20.8. The van der Waals surface area contributed by atoms with Gasteiger partial charge in [0.1, 0.15) is 23.4 Å². The molecule has 0 unspecified atom stereocenters. The molecule has 0 bridgehead atoms. The highest BCUT2D eigenvalue weighted by Gasteiger charge is 2.36. The smallest absolute Gasteiger partial charge is 0.497 e. The highest BCUT2D eigenvalue weighted by atomic mass is 19.4. The number of carbonyl (C=O) groups is 2. The number of hydrogen-bond donors (Lipinski definition) is 2. The number of carboxylic acids is 1. The molecular formula is C28H26F3NO6. The van der Waals surface area contributed by atoms with Crippen LogP contribution < -0.4 is 19.5 Å². The SMILES string of the molecule is COc1ccc2c(c1)O[C@@H](c1ccc(C(=O)O)cc1)C[C@H]2NC(=O)C(C)(C)c1ccc(OC(F)(F)F)cc1. The molecule has 0 saturated heterocycles. The molecule has 7 nitrogen and oxygen atoms in total. The van der Waals surface area contributed by atoms with Gasteiger partial charge in [-0.1, -0.05) is 24.3 Å². The van der Waals surface area contributed by atoms with Crippen LogP contribution in [0.3, 0.4) is 0 Å². The van der Waals surface area contributed by atoms with E-state index in [1.165, 1.54) is 43.5 Å². The number of ether oxygens (including phenoxy) is 3. The summed E-state index contributed by atoms with van der Waals surface area (Å²) >= 11 is 0. The fourth-order valence-corrected chi connectivity index (χ4v) is 4.30. The molecule has 1 heterocycles. The van der Waals surface area contributed by atoms with Crippen molar-refractivity contribution in [1.82, 2.24) is 5.32 Å². The van der Waals surface area contributed by atoms with Crippen molar-refractivity contribution in [3.63, 3.8) is 0 Å². The van der Waals surface area contributed by atoms with Gasteiger partial charge in [0, 0.05) is 18.1 Å². The van der Waals surface area contributed by atoms with Gasteiger partial charge in [0.05, 0.1) is 24.1 Å². The molecule has 3 aromatic carbocycles. The van der Waals surface area contributed by atoms with E-state index in [0.29, 0.717) is 23.5 Å². The molecule has 2 atom stereocenters. The number of rotatable bonds is 7. The van der Waals surface area contributed by atoms with Gasteiger partial charge in [-0.2, -0.15) is 0 Å². The molecule has 4 rings (SSSR count). The largest absolute Gasteiger partial charge is 0.573 e. The molecule has 0 radical (unpaired) electrons. The molecule has 0 aromatic heterocycles. The summed E-state index contributed by atoms with van der Waals surface area (Å²) < 4.78 is 53.0. The summed E-state index contributed by atoms with van der Waals surface area (Å²) in [6, 6.07) is 16.3. The van der Waals surface area contributed by atoms with Crippen LogP contribution >= 0.6 is 0 Å². The first-order valence-corrected chi connectivity index (χ1v) is 11.7. The van der Waals surface area contributed by atoms with E-state index in [9.17, 15) is 27.9 Å². The summed E-state index contributed by atoms with van der Waals surface area (Å²) in [5.74, 6) is -0.671. The number of methoxy groups -OCH3 is 1. The number of fused-ring (bicyclic) bond motifs is 1. The Balaban J connectivity index is 1.59. The summed E-state index contributed by atoms with van der Waals surface area (Å²) in [7, 11) is 1.53. The molecule has 3 aromatic rings. The van der Waals surface area contributed by atoms with Crippen molar-refractivity contribution in [2.75, 3.05) is 7.11 Å². The first-order chi connectivity index (χ1) is 17.9. The molecule has 1 aliphatic rings. The third-order valence-corrected chi connectivity index (χ3v) is 6.53. The summed E-state index contributed by atoms with van der Waals surface area (Å²) in [6.07, 6.45) is -4.92. The van der Waals surface area contributed by atoms with E-state index in [1.807, 2.05) is 0 Å². The van der Waals surface area contributed by atoms with Crippen LogP contribution in [0.5, 0.6) is 17.2 Å². The lowest BCUT2D eigenvalue weighted by Crippen LogP contribution is -2.43.